The fraction of sp³-hybridized carbons (Fsp3) is 0.519. The Labute approximate surface area is 204 Å². The van der Waals surface area contributed by atoms with Crippen LogP contribution in [-0.2, 0) is 4.79 Å². The number of hydrogen-bond acceptors (Lipinski definition) is 5. The molecule has 4 aliphatic rings. The second-order valence-electron chi connectivity index (χ2n) is 10.3. The molecule has 2 saturated heterocycles. The highest BCUT2D eigenvalue weighted by Crippen LogP contribution is 2.47. The van der Waals surface area contributed by atoms with Gasteiger partial charge in [-0.15, -0.1) is 0 Å². The summed E-state index contributed by atoms with van der Waals surface area (Å²) >= 11 is 0. The van der Waals surface area contributed by atoms with E-state index in [0.717, 1.165) is 5.82 Å². The van der Waals surface area contributed by atoms with E-state index in [1.54, 1.807) is 11.0 Å². The van der Waals surface area contributed by atoms with E-state index in [1.165, 1.54) is 53.8 Å². The van der Waals surface area contributed by atoms with Crippen molar-refractivity contribution in [2.24, 2.45) is 0 Å². The summed E-state index contributed by atoms with van der Waals surface area (Å²) in [7, 11) is 0. The second kappa shape index (κ2) is 8.90. The molecule has 1 aromatic carbocycles. The molecule has 2 aliphatic heterocycles. The van der Waals surface area contributed by atoms with Gasteiger partial charge in [-0.3, -0.25) is 9.59 Å². The molecule has 0 bridgehead atoms. The van der Waals surface area contributed by atoms with E-state index in [1.807, 2.05) is 6.20 Å². The van der Waals surface area contributed by atoms with Crippen molar-refractivity contribution < 1.29 is 19.1 Å². The number of halogens is 1. The van der Waals surface area contributed by atoms with Crippen molar-refractivity contribution in [1.29, 1.82) is 0 Å². The topological polar surface area (TPSA) is 77.0 Å². The van der Waals surface area contributed by atoms with Crippen LogP contribution in [0.3, 0.4) is 0 Å². The maximum Gasteiger partial charge on any atom is 0.256 e. The van der Waals surface area contributed by atoms with Crippen LogP contribution < -0.4 is 9.80 Å². The fourth-order valence-corrected chi connectivity index (χ4v) is 5.48. The zero-order valence-electron chi connectivity index (χ0n) is 19.8. The Morgan fingerprint density at radius 2 is 1.77 bits per heavy atom. The molecular weight excluding hydrogens is 447 g/mol. The number of carbonyl (C=O) groups excluding carboxylic acids is 2. The summed E-state index contributed by atoms with van der Waals surface area (Å²) < 4.78 is 15.0. The van der Waals surface area contributed by atoms with E-state index >= 15 is 0 Å². The highest BCUT2D eigenvalue weighted by Gasteiger charge is 2.34. The lowest BCUT2D eigenvalue weighted by atomic mass is 10.1. The molecule has 8 heteroatoms. The van der Waals surface area contributed by atoms with Gasteiger partial charge >= 0.3 is 0 Å². The van der Waals surface area contributed by atoms with E-state index in [2.05, 4.69) is 11.0 Å². The lowest BCUT2D eigenvalue weighted by Gasteiger charge is -2.36. The first-order chi connectivity index (χ1) is 17.0. The maximum absolute atomic E-state index is 15.0. The molecule has 1 unspecified atom stereocenters. The van der Waals surface area contributed by atoms with E-state index in [-0.39, 0.29) is 30.0 Å². The SMILES string of the molecule is O=C(c1ccc(N2C(=O)CCC2CO)cc1F)N1CCN(c2ncc(C3CC3)cc2C2CC2)CC1. The Hall–Kier alpha value is -3.00. The molecule has 2 saturated carbocycles. The average molecular weight is 479 g/mol. The normalized spacial score (nSPS) is 22.7. The zero-order valence-corrected chi connectivity index (χ0v) is 19.8. The van der Waals surface area contributed by atoms with E-state index in [0.29, 0.717) is 56.5 Å². The first-order valence-electron chi connectivity index (χ1n) is 12.8. The van der Waals surface area contributed by atoms with Crippen LogP contribution in [-0.4, -0.2) is 65.6 Å². The molecule has 1 aromatic heterocycles. The minimum absolute atomic E-state index is 0.0139. The number of rotatable bonds is 6. The molecule has 2 aliphatic carbocycles. The van der Waals surface area contributed by atoms with Crippen LogP contribution in [0.25, 0.3) is 0 Å². The summed E-state index contributed by atoms with van der Waals surface area (Å²) in [4.78, 5) is 35.6. The number of nitrogens with zero attached hydrogens (tertiary/aromatic N) is 4. The molecule has 35 heavy (non-hydrogen) atoms. The Morgan fingerprint density at radius 3 is 2.43 bits per heavy atom. The van der Waals surface area contributed by atoms with Gasteiger partial charge in [-0.2, -0.15) is 0 Å². The number of piperazine rings is 1. The molecule has 4 fully saturated rings. The number of aliphatic hydroxyl groups is 1. The van der Waals surface area contributed by atoms with Crippen molar-refractivity contribution in [3.8, 4) is 0 Å². The summed E-state index contributed by atoms with van der Waals surface area (Å²) in [5.74, 6) is 1.23. The summed E-state index contributed by atoms with van der Waals surface area (Å²) in [6.07, 6.45) is 7.87. The van der Waals surface area contributed by atoms with Gasteiger partial charge < -0.3 is 19.8 Å². The molecule has 7 nitrogen and oxygen atoms in total. The van der Waals surface area contributed by atoms with E-state index in [4.69, 9.17) is 4.98 Å². The van der Waals surface area contributed by atoms with Gasteiger partial charge in [0, 0.05) is 44.5 Å². The van der Waals surface area contributed by atoms with Gasteiger partial charge in [0.15, 0.2) is 0 Å². The smallest absolute Gasteiger partial charge is 0.256 e. The third-order valence-electron chi connectivity index (χ3n) is 7.85. The first kappa shape index (κ1) is 22.5. The molecule has 1 atom stereocenters. The number of benzene rings is 1. The van der Waals surface area contributed by atoms with Crippen molar-refractivity contribution in [1.82, 2.24) is 9.88 Å². The third-order valence-corrected chi connectivity index (χ3v) is 7.85. The number of amides is 2. The maximum atomic E-state index is 15.0. The number of aromatic nitrogens is 1. The highest BCUT2D eigenvalue weighted by molar-refractivity contribution is 5.98. The molecule has 3 heterocycles. The largest absolute Gasteiger partial charge is 0.394 e. The Morgan fingerprint density at radius 1 is 1.03 bits per heavy atom. The van der Waals surface area contributed by atoms with Gasteiger partial charge in [0.2, 0.25) is 5.91 Å². The van der Waals surface area contributed by atoms with Gasteiger partial charge in [0.05, 0.1) is 18.2 Å². The summed E-state index contributed by atoms with van der Waals surface area (Å²) in [5.41, 5.74) is 3.12. The lowest BCUT2D eigenvalue weighted by Crippen LogP contribution is -2.49. The van der Waals surface area contributed by atoms with Crippen LogP contribution in [0.4, 0.5) is 15.9 Å². The van der Waals surface area contributed by atoms with Gasteiger partial charge in [-0.05, 0) is 73.3 Å². The van der Waals surface area contributed by atoms with Crippen LogP contribution in [0.15, 0.2) is 30.5 Å². The molecule has 1 N–H and O–H groups in total. The number of aliphatic hydroxyl groups excluding tert-OH is 1. The van der Waals surface area contributed by atoms with Crippen LogP contribution in [0.2, 0.25) is 0 Å². The average Bonchev–Trinajstić information content (AvgIpc) is 3.80. The van der Waals surface area contributed by atoms with Crippen molar-refractivity contribution in [2.75, 3.05) is 42.6 Å². The van der Waals surface area contributed by atoms with Gasteiger partial charge in [0.25, 0.3) is 5.91 Å². The van der Waals surface area contributed by atoms with Crippen molar-refractivity contribution in [3.05, 3.63) is 53.0 Å². The Balaban J connectivity index is 1.14. The number of carbonyl (C=O) groups is 2. The van der Waals surface area contributed by atoms with Gasteiger partial charge in [0.1, 0.15) is 11.6 Å². The molecule has 2 aromatic rings. The molecular formula is C27H31FN4O3. The van der Waals surface area contributed by atoms with Crippen LogP contribution in [0.5, 0.6) is 0 Å². The lowest BCUT2D eigenvalue weighted by molar-refractivity contribution is -0.117. The van der Waals surface area contributed by atoms with Crippen LogP contribution >= 0.6 is 0 Å². The molecule has 0 radical (unpaired) electrons. The minimum atomic E-state index is -0.639. The zero-order chi connectivity index (χ0) is 24.1. The summed E-state index contributed by atoms with van der Waals surface area (Å²) in [6, 6.07) is 6.32. The number of anilines is 2. The van der Waals surface area contributed by atoms with Crippen molar-refractivity contribution in [3.63, 3.8) is 0 Å². The van der Waals surface area contributed by atoms with Gasteiger partial charge in [-0.1, -0.05) is 6.07 Å². The Kier molecular flexibility index (Phi) is 5.71. The number of pyridine rings is 1. The predicted octanol–water partition coefficient (Wildman–Crippen LogP) is 3.43. The molecule has 184 valence electrons. The highest BCUT2D eigenvalue weighted by atomic mass is 19.1. The van der Waals surface area contributed by atoms with Crippen LogP contribution in [0, 0.1) is 5.82 Å². The molecule has 2 amide bonds. The van der Waals surface area contributed by atoms with E-state index in [9.17, 15) is 19.1 Å². The first-order valence-corrected chi connectivity index (χ1v) is 12.8. The van der Waals surface area contributed by atoms with Crippen LogP contribution in [0.1, 0.15) is 71.8 Å². The monoisotopic (exact) mass is 478 g/mol. The standard InChI is InChI=1S/C27H31FN4O3/c28-24-14-20(32-21(16-33)6-8-25(32)34)5-7-22(24)27(35)31-11-9-30(10-12-31)26-23(18-3-4-18)13-19(15-29-26)17-1-2-17/h5,7,13-15,17-18,21,33H,1-4,6,8-12,16H2. The fourth-order valence-electron chi connectivity index (χ4n) is 5.48. The van der Waals surface area contributed by atoms with E-state index < -0.39 is 5.82 Å². The third kappa shape index (κ3) is 4.29. The van der Waals surface area contributed by atoms with Gasteiger partial charge in [-0.25, -0.2) is 9.37 Å². The second-order valence-corrected chi connectivity index (χ2v) is 10.3. The quantitative estimate of drug-likeness (QED) is 0.689. The minimum Gasteiger partial charge on any atom is -0.394 e. The van der Waals surface area contributed by atoms with Crippen molar-refractivity contribution in [2.45, 2.75) is 56.4 Å². The summed E-state index contributed by atoms with van der Waals surface area (Å²) in [5, 5.41) is 9.54. The molecule has 0 spiro atoms. The summed E-state index contributed by atoms with van der Waals surface area (Å²) in [6.45, 7) is 2.18. The van der Waals surface area contributed by atoms with Crippen molar-refractivity contribution >= 4 is 23.3 Å². The number of hydrogen-bond donors (Lipinski definition) is 1. The molecule has 6 rings (SSSR count). The predicted molar refractivity (Wildman–Crippen MR) is 130 cm³/mol. The Bertz CT molecular complexity index is 1160.